The van der Waals surface area contributed by atoms with Gasteiger partial charge in [0, 0.05) is 12.6 Å². The van der Waals surface area contributed by atoms with E-state index in [4.69, 9.17) is 5.11 Å². The van der Waals surface area contributed by atoms with E-state index in [2.05, 4.69) is 32.6 Å². The van der Waals surface area contributed by atoms with Gasteiger partial charge in [0.1, 0.15) is 0 Å². The van der Waals surface area contributed by atoms with Gasteiger partial charge in [-0.1, -0.05) is 27.7 Å². The molecule has 0 radical (unpaired) electrons. The molecule has 0 bridgehead atoms. The molecule has 0 atom stereocenters. The van der Waals surface area contributed by atoms with Gasteiger partial charge in [0.25, 0.3) is 0 Å². The van der Waals surface area contributed by atoms with Crippen molar-refractivity contribution in [2.24, 2.45) is 5.92 Å². The summed E-state index contributed by atoms with van der Waals surface area (Å²) in [6, 6.07) is 0.411. The molecular formula is C11H24ClNO2. The van der Waals surface area contributed by atoms with E-state index in [0.717, 1.165) is 19.4 Å². The second-order valence-electron chi connectivity index (χ2n) is 4.19. The number of hydrogen-bond donors (Lipinski definition) is 1. The van der Waals surface area contributed by atoms with Gasteiger partial charge in [-0.15, -0.1) is 12.4 Å². The van der Waals surface area contributed by atoms with Crippen LogP contribution in [0, 0.1) is 5.92 Å². The molecule has 0 aromatic rings. The molecule has 92 valence electrons. The van der Waals surface area contributed by atoms with Crippen LogP contribution in [-0.2, 0) is 4.79 Å². The number of aliphatic carboxylic acids is 1. The average Bonchev–Trinajstić information content (AvgIpc) is 2.03. The first-order chi connectivity index (χ1) is 6.51. The molecule has 0 aromatic carbocycles. The summed E-state index contributed by atoms with van der Waals surface area (Å²) in [6.45, 7) is 9.52. The standard InChI is InChI=1S/C11H23NO2.ClH/c1-5-10(6-2)12(7-9(3)4)8-11(13)14;/h9-10H,5-8H2,1-4H3,(H,13,14);1H. The van der Waals surface area contributed by atoms with Gasteiger partial charge < -0.3 is 5.11 Å². The molecular weight excluding hydrogens is 214 g/mol. The molecule has 0 amide bonds. The van der Waals surface area contributed by atoms with Crippen LogP contribution < -0.4 is 0 Å². The van der Waals surface area contributed by atoms with Crippen LogP contribution in [0.3, 0.4) is 0 Å². The minimum Gasteiger partial charge on any atom is -0.480 e. The van der Waals surface area contributed by atoms with E-state index in [9.17, 15) is 4.79 Å². The van der Waals surface area contributed by atoms with E-state index in [0.29, 0.717) is 12.0 Å². The van der Waals surface area contributed by atoms with Crippen molar-refractivity contribution in [2.45, 2.75) is 46.6 Å². The zero-order valence-electron chi connectivity index (χ0n) is 10.2. The quantitative estimate of drug-likeness (QED) is 0.740. The van der Waals surface area contributed by atoms with E-state index in [1.165, 1.54) is 0 Å². The lowest BCUT2D eigenvalue weighted by molar-refractivity contribution is -0.139. The van der Waals surface area contributed by atoms with Crippen molar-refractivity contribution in [2.75, 3.05) is 13.1 Å². The minimum absolute atomic E-state index is 0. The Morgan fingerprint density at radius 1 is 1.27 bits per heavy atom. The van der Waals surface area contributed by atoms with Gasteiger partial charge in [-0.25, -0.2) is 0 Å². The lowest BCUT2D eigenvalue weighted by Crippen LogP contribution is -2.40. The van der Waals surface area contributed by atoms with Crippen LogP contribution in [-0.4, -0.2) is 35.1 Å². The van der Waals surface area contributed by atoms with E-state index in [1.54, 1.807) is 0 Å². The van der Waals surface area contributed by atoms with Gasteiger partial charge in [0.05, 0.1) is 6.54 Å². The third-order valence-corrected chi connectivity index (χ3v) is 2.40. The molecule has 1 N–H and O–H groups in total. The van der Waals surface area contributed by atoms with Crippen LogP contribution in [0.1, 0.15) is 40.5 Å². The average molecular weight is 238 g/mol. The van der Waals surface area contributed by atoms with Crippen LogP contribution in [0.2, 0.25) is 0 Å². The fourth-order valence-electron chi connectivity index (χ4n) is 1.79. The monoisotopic (exact) mass is 237 g/mol. The number of halogens is 1. The van der Waals surface area contributed by atoms with Crippen LogP contribution in [0.4, 0.5) is 0 Å². The lowest BCUT2D eigenvalue weighted by atomic mass is 10.1. The Kier molecular flexibility index (Phi) is 10.3. The summed E-state index contributed by atoms with van der Waals surface area (Å²) in [5, 5.41) is 8.80. The summed E-state index contributed by atoms with van der Waals surface area (Å²) in [5.74, 6) is -0.201. The Bertz CT molecular complexity index is 170. The molecule has 0 aliphatic heterocycles. The summed E-state index contributed by atoms with van der Waals surface area (Å²) < 4.78 is 0. The predicted octanol–water partition coefficient (Wildman–Crippen LogP) is 2.64. The van der Waals surface area contributed by atoms with Crippen molar-refractivity contribution in [3.63, 3.8) is 0 Å². The smallest absolute Gasteiger partial charge is 0.317 e. The van der Waals surface area contributed by atoms with Crippen LogP contribution in [0.25, 0.3) is 0 Å². The van der Waals surface area contributed by atoms with Crippen molar-refractivity contribution in [1.82, 2.24) is 4.90 Å². The highest BCUT2D eigenvalue weighted by atomic mass is 35.5. The maximum absolute atomic E-state index is 10.7. The number of carboxylic acids is 1. The van der Waals surface area contributed by atoms with Crippen LogP contribution >= 0.6 is 12.4 Å². The van der Waals surface area contributed by atoms with Gasteiger partial charge in [0.15, 0.2) is 0 Å². The van der Waals surface area contributed by atoms with Gasteiger partial charge in [-0.05, 0) is 18.8 Å². The Hall–Kier alpha value is -0.280. The Morgan fingerprint density at radius 2 is 1.73 bits per heavy atom. The normalized spacial score (nSPS) is 10.9. The third kappa shape index (κ3) is 7.63. The Morgan fingerprint density at radius 3 is 2.00 bits per heavy atom. The van der Waals surface area contributed by atoms with Crippen LogP contribution in [0.5, 0.6) is 0 Å². The number of nitrogens with zero attached hydrogens (tertiary/aromatic N) is 1. The molecule has 15 heavy (non-hydrogen) atoms. The molecule has 0 aliphatic carbocycles. The molecule has 0 fully saturated rings. The predicted molar refractivity (Wildman–Crippen MR) is 65.7 cm³/mol. The van der Waals surface area contributed by atoms with Gasteiger partial charge in [-0.3, -0.25) is 9.69 Å². The SMILES string of the molecule is CCC(CC)N(CC(=O)O)CC(C)C.Cl. The number of hydrogen-bond acceptors (Lipinski definition) is 2. The Labute approximate surface area is 99.3 Å². The highest BCUT2D eigenvalue weighted by Crippen LogP contribution is 2.10. The van der Waals surface area contributed by atoms with Crippen molar-refractivity contribution >= 4 is 18.4 Å². The topological polar surface area (TPSA) is 40.5 Å². The first-order valence-corrected chi connectivity index (χ1v) is 5.47. The number of carboxylic acid groups (broad SMARTS) is 1. The van der Waals surface area contributed by atoms with Crippen molar-refractivity contribution in [3.8, 4) is 0 Å². The molecule has 0 aromatic heterocycles. The molecule has 0 spiro atoms. The molecule has 0 saturated carbocycles. The largest absolute Gasteiger partial charge is 0.480 e. The van der Waals surface area contributed by atoms with Crippen molar-refractivity contribution in [3.05, 3.63) is 0 Å². The van der Waals surface area contributed by atoms with E-state index < -0.39 is 5.97 Å². The molecule has 0 saturated heterocycles. The van der Waals surface area contributed by atoms with Crippen molar-refractivity contribution < 1.29 is 9.90 Å². The van der Waals surface area contributed by atoms with Gasteiger partial charge >= 0.3 is 5.97 Å². The molecule has 0 heterocycles. The fraction of sp³-hybridized carbons (Fsp3) is 0.909. The molecule has 0 unspecified atom stereocenters. The zero-order chi connectivity index (χ0) is 11.1. The highest BCUT2D eigenvalue weighted by Gasteiger charge is 2.18. The first kappa shape index (κ1) is 17.1. The maximum atomic E-state index is 10.7. The summed E-state index contributed by atoms with van der Waals surface area (Å²) in [6.07, 6.45) is 2.05. The van der Waals surface area contributed by atoms with E-state index in [1.807, 2.05) is 0 Å². The van der Waals surface area contributed by atoms with Crippen molar-refractivity contribution in [1.29, 1.82) is 0 Å². The second kappa shape index (κ2) is 8.98. The fourth-order valence-corrected chi connectivity index (χ4v) is 1.79. The zero-order valence-corrected chi connectivity index (χ0v) is 11.0. The van der Waals surface area contributed by atoms with E-state index in [-0.39, 0.29) is 19.0 Å². The third-order valence-electron chi connectivity index (χ3n) is 2.40. The molecule has 3 nitrogen and oxygen atoms in total. The van der Waals surface area contributed by atoms with Gasteiger partial charge in [0.2, 0.25) is 0 Å². The lowest BCUT2D eigenvalue weighted by Gasteiger charge is -2.30. The number of carbonyl (C=O) groups is 1. The second-order valence-corrected chi connectivity index (χ2v) is 4.19. The summed E-state index contributed by atoms with van der Waals surface area (Å²) in [7, 11) is 0. The Balaban J connectivity index is 0. The first-order valence-electron chi connectivity index (χ1n) is 5.47. The summed E-state index contributed by atoms with van der Waals surface area (Å²) in [5.41, 5.74) is 0. The molecule has 0 rings (SSSR count). The highest BCUT2D eigenvalue weighted by molar-refractivity contribution is 5.85. The molecule has 4 heteroatoms. The summed E-state index contributed by atoms with van der Waals surface area (Å²) >= 11 is 0. The summed E-state index contributed by atoms with van der Waals surface area (Å²) in [4.78, 5) is 12.8. The number of rotatable bonds is 7. The molecule has 0 aliphatic rings. The minimum atomic E-state index is -0.724. The van der Waals surface area contributed by atoms with E-state index >= 15 is 0 Å². The van der Waals surface area contributed by atoms with Gasteiger partial charge in [-0.2, -0.15) is 0 Å². The van der Waals surface area contributed by atoms with Crippen LogP contribution in [0.15, 0.2) is 0 Å². The maximum Gasteiger partial charge on any atom is 0.317 e.